The first kappa shape index (κ1) is 21.9. The van der Waals surface area contributed by atoms with Crippen LogP contribution in [-0.2, 0) is 20.4 Å². The second kappa shape index (κ2) is 7.89. The Hall–Kier alpha value is -1.44. The van der Waals surface area contributed by atoms with E-state index in [2.05, 4.69) is 10.0 Å². The van der Waals surface area contributed by atoms with Crippen molar-refractivity contribution in [3.63, 3.8) is 0 Å². The second-order valence-electron chi connectivity index (χ2n) is 8.91. The molecule has 1 fully saturated rings. The monoisotopic (exact) mass is 396 g/mol. The Bertz CT molecular complexity index is 751. The summed E-state index contributed by atoms with van der Waals surface area (Å²) in [6.07, 6.45) is 2.63. The highest BCUT2D eigenvalue weighted by Gasteiger charge is 2.34. The number of amides is 1. The molecule has 0 aromatic heterocycles. The largest absolute Gasteiger partial charge is 0.386 e. The van der Waals surface area contributed by atoms with E-state index < -0.39 is 20.4 Å². The van der Waals surface area contributed by atoms with E-state index >= 15 is 0 Å². The van der Waals surface area contributed by atoms with Gasteiger partial charge >= 0.3 is 0 Å². The first-order valence-electron chi connectivity index (χ1n) is 9.45. The summed E-state index contributed by atoms with van der Waals surface area (Å²) >= 11 is 0. The van der Waals surface area contributed by atoms with E-state index in [1.54, 1.807) is 58.9 Å². The van der Waals surface area contributed by atoms with Crippen LogP contribution in [0.25, 0.3) is 0 Å². The minimum Gasteiger partial charge on any atom is -0.386 e. The highest BCUT2D eigenvalue weighted by atomic mass is 32.2. The first-order chi connectivity index (χ1) is 12.3. The summed E-state index contributed by atoms with van der Waals surface area (Å²) in [5.41, 5.74) is 0.567. The van der Waals surface area contributed by atoms with Crippen LogP contribution in [-0.4, -0.2) is 30.2 Å². The minimum atomic E-state index is -3.37. The standard InChI is InChI=1S/C20H32N2O4S/c1-19(2,3)27(25,26)22-17-10-6-14(7-11-17)18(23)21-16-12-8-15(9-13-16)20(4,5)24/h8-9,12-14,17,22,24H,6-7,10-11H2,1-5H3,(H,21,23)/t14-,17-. The van der Waals surface area contributed by atoms with Crippen molar-refractivity contribution in [2.75, 3.05) is 5.32 Å². The van der Waals surface area contributed by atoms with Crippen molar-refractivity contribution in [1.82, 2.24) is 4.72 Å². The fourth-order valence-corrected chi connectivity index (χ4v) is 4.10. The summed E-state index contributed by atoms with van der Waals surface area (Å²) in [6.45, 7) is 8.46. The second-order valence-corrected chi connectivity index (χ2v) is 11.4. The van der Waals surface area contributed by atoms with Crippen molar-refractivity contribution >= 4 is 21.6 Å². The predicted octanol–water partition coefficient (Wildman–Crippen LogP) is 3.13. The maximum absolute atomic E-state index is 12.5. The van der Waals surface area contributed by atoms with Crippen LogP contribution < -0.4 is 10.0 Å². The molecule has 0 aliphatic heterocycles. The van der Waals surface area contributed by atoms with Crippen molar-refractivity contribution in [3.8, 4) is 0 Å². The molecule has 6 nitrogen and oxygen atoms in total. The zero-order valence-electron chi connectivity index (χ0n) is 16.9. The number of nitrogens with one attached hydrogen (secondary N) is 2. The molecule has 1 aliphatic carbocycles. The smallest absolute Gasteiger partial charge is 0.227 e. The molecule has 1 aromatic rings. The van der Waals surface area contributed by atoms with Crippen molar-refractivity contribution < 1.29 is 18.3 Å². The van der Waals surface area contributed by atoms with Gasteiger partial charge in [0.1, 0.15) is 0 Å². The van der Waals surface area contributed by atoms with Crippen molar-refractivity contribution in [2.24, 2.45) is 5.92 Å². The highest BCUT2D eigenvalue weighted by molar-refractivity contribution is 7.90. The SMILES string of the molecule is CC(C)(O)c1ccc(NC(=O)[C@H]2CC[C@H](NS(=O)(=O)C(C)(C)C)CC2)cc1. The van der Waals surface area contributed by atoms with Gasteiger partial charge in [-0.1, -0.05) is 12.1 Å². The lowest BCUT2D eigenvalue weighted by molar-refractivity contribution is -0.120. The summed E-state index contributed by atoms with van der Waals surface area (Å²) in [5, 5.41) is 12.9. The molecule has 0 heterocycles. The molecule has 0 unspecified atom stereocenters. The van der Waals surface area contributed by atoms with Gasteiger partial charge in [-0.05, 0) is 78.0 Å². The summed E-state index contributed by atoms with van der Waals surface area (Å²) in [6, 6.07) is 7.06. The van der Waals surface area contributed by atoms with Crippen LogP contribution in [0, 0.1) is 5.92 Å². The van der Waals surface area contributed by atoms with E-state index in [1.165, 1.54) is 0 Å². The summed E-state index contributed by atoms with van der Waals surface area (Å²) < 4.78 is 26.5. The van der Waals surface area contributed by atoms with Crippen molar-refractivity contribution in [1.29, 1.82) is 0 Å². The quantitative estimate of drug-likeness (QED) is 0.712. The molecular weight excluding hydrogens is 364 g/mol. The molecular formula is C20H32N2O4S. The Labute approximate surface area is 162 Å². The van der Waals surface area contributed by atoms with E-state index in [4.69, 9.17) is 0 Å². The number of carbonyl (C=O) groups excluding carboxylic acids is 1. The van der Waals surface area contributed by atoms with E-state index in [0.29, 0.717) is 31.4 Å². The fraction of sp³-hybridized carbons (Fsp3) is 0.650. The Balaban J connectivity index is 1.88. The van der Waals surface area contributed by atoms with Gasteiger partial charge < -0.3 is 10.4 Å². The number of aliphatic hydroxyl groups is 1. The minimum absolute atomic E-state index is 0.0388. The average Bonchev–Trinajstić information content (AvgIpc) is 2.53. The fourth-order valence-electron chi connectivity index (χ4n) is 3.08. The van der Waals surface area contributed by atoms with Crippen LogP contribution in [0.3, 0.4) is 0 Å². The molecule has 7 heteroatoms. The molecule has 152 valence electrons. The van der Waals surface area contributed by atoms with Crippen molar-refractivity contribution in [2.45, 2.75) is 76.7 Å². The molecule has 27 heavy (non-hydrogen) atoms. The number of hydrogen-bond donors (Lipinski definition) is 3. The molecule has 0 atom stereocenters. The lowest BCUT2D eigenvalue weighted by Gasteiger charge is -2.30. The topological polar surface area (TPSA) is 95.5 Å². The van der Waals surface area contributed by atoms with Gasteiger partial charge in [-0.15, -0.1) is 0 Å². The first-order valence-corrected chi connectivity index (χ1v) is 10.9. The van der Waals surface area contributed by atoms with Crippen LogP contribution >= 0.6 is 0 Å². The lowest BCUT2D eigenvalue weighted by Crippen LogP contribution is -2.46. The highest BCUT2D eigenvalue weighted by Crippen LogP contribution is 2.28. The zero-order valence-corrected chi connectivity index (χ0v) is 17.7. The molecule has 0 saturated heterocycles. The lowest BCUT2D eigenvalue weighted by atomic mass is 9.86. The molecule has 1 aliphatic rings. The number of rotatable bonds is 5. The van der Waals surface area contributed by atoms with Gasteiger partial charge in [0.05, 0.1) is 10.3 Å². The number of sulfonamides is 1. The van der Waals surface area contributed by atoms with Gasteiger partial charge in [0.15, 0.2) is 0 Å². The third kappa shape index (κ3) is 5.77. The summed E-state index contributed by atoms with van der Waals surface area (Å²) in [5.74, 6) is -0.155. The Morgan fingerprint density at radius 1 is 1.00 bits per heavy atom. The summed E-state index contributed by atoms with van der Waals surface area (Å²) in [7, 11) is -3.37. The van der Waals surface area contributed by atoms with Gasteiger partial charge in [0.25, 0.3) is 0 Å². The third-order valence-electron chi connectivity index (χ3n) is 5.08. The number of hydrogen-bond acceptors (Lipinski definition) is 4. The van der Waals surface area contributed by atoms with Gasteiger partial charge in [0.2, 0.25) is 15.9 Å². The van der Waals surface area contributed by atoms with E-state index in [0.717, 1.165) is 5.56 Å². The number of anilines is 1. The van der Waals surface area contributed by atoms with E-state index in [9.17, 15) is 18.3 Å². The van der Waals surface area contributed by atoms with Crippen molar-refractivity contribution in [3.05, 3.63) is 29.8 Å². The Morgan fingerprint density at radius 3 is 1.96 bits per heavy atom. The van der Waals surface area contributed by atoms with Crippen LogP contribution in [0.1, 0.15) is 65.9 Å². The van der Waals surface area contributed by atoms with Crippen LogP contribution in [0.15, 0.2) is 24.3 Å². The van der Waals surface area contributed by atoms with Crippen LogP contribution in [0.5, 0.6) is 0 Å². The normalized spacial score (nSPS) is 21.7. The van der Waals surface area contributed by atoms with Gasteiger partial charge in [-0.25, -0.2) is 13.1 Å². The van der Waals surface area contributed by atoms with Crippen LogP contribution in [0.2, 0.25) is 0 Å². The van der Waals surface area contributed by atoms with Crippen LogP contribution in [0.4, 0.5) is 5.69 Å². The Morgan fingerprint density at radius 2 is 1.52 bits per heavy atom. The Kier molecular flexibility index (Phi) is 6.39. The number of carbonyl (C=O) groups is 1. The molecule has 1 saturated carbocycles. The molecule has 2 rings (SSSR count). The molecule has 3 N–H and O–H groups in total. The maximum atomic E-state index is 12.5. The number of benzene rings is 1. The third-order valence-corrected chi connectivity index (χ3v) is 7.34. The molecule has 1 aromatic carbocycles. The van der Waals surface area contributed by atoms with Gasteiger partial charge in [-0.3, -0.25) is 4.79 Å². The molecule has 0 bridgehead atoms. The van der Waals surface area contributed by atoms with E-state index in [1.807, 2.05) is 0 Å². The molecule has 1 amide bonds. The molecule has 0 radical (unpaired) electrons. The van der Waals surface area contributed by atoms with E-state index in [-0.39, 0.29) is 17.9 Å². The van der Waals surface area contributed by atoms with Gasteiger partial charge in [0, 0.05) is 17.6 Å². The molecule has 0 spiro atoms. The maximum Gasteiger partial charge on any atom is 0.227 e. The predicted molar refractivity (Wildman–Crippen MR) is 108 cm³/mol. The average molecular weight is 397 g/mol. The van der Waals surface area contributed by atoms with Gasteiger partial charge in [-0.2, -0.15) is 0 Å². The zero-order chi connectivity index (χ0) is 20.5. The summed E-state index contributed by atoms with van der Waals surface area (Å²) in [4.78, 5) is 12.5.